The van der Waals surface area contributed by atoms with E-state index in [1.165, 1.54) is 0 Å². The zero-order chi connectivity index (χ0) is 12.7. The molecule has 1 aliphatic heterocycles. The first-order chi connectivity index (χ1) is 8.13. The summed E-state index contributed by atoms with van der Waals surface area (Å²) in [6.07, 6.45) is 0.893. The fourth-order valence-electron chi connectivity index (χ4n) is 1.85. The molecule has 2 unspecified atom stereocenters. The third kappa shape index (κ3) is 4.26. The van der Waals surface area contributed by atoms with Gasteiger partial charge in [0.15, 0.2) is 0 Å². The van der Waals surface area contributed by atoms with Gasteiger partial charge < -0.3 is 19.5 Å². The van der Waals surface area contributed by atoms with E-state index in [0.717, 1.165) is 13.0 Å². The molecule has 100 valence electrons. The summed E-state index contributed by atoms with van der Waals surface area (Å²) in [6, 6.07) is 0. The van der Waals surface area contributed by atoms with Gasteiger partial charge in [-0.25, -0.2) is 0 Å². The van der Waals surface area contributed by atoms with Gasteiger partial charge in [-0.05, 0) is 6.92 Å². The van der Waals surface area contributed by atoms with Gasteiger partial charge >= 0.3 is 5.97 Å². The van der Waals surface area contributed by atoms with Crippen LogP contribution in [0.1, 0.15) is 20.3 Å². The molecule has 1 fully saturated rings. The number of hydrogen-bond acceptors (Lipinski definition) is 5. The highest BCUT2D eigenvalue weighted by Gasteiger charge is 2.34. The summed E-state index contributed by atoms with van der Waals surface area (Å²) in [5.74, 6) is -0.291. The molecule has 17 heavy (non-hydrogen) atoms. The average molecular weight is 245 g/mol. The van der Waals surface area contributed by atoms with E-state index in [0.29, 0.717) is 26.3 Å². The molecule has 0 aromatic heterocycles. The highest BCUT2D eigenvalue weighted by Crippen LogP contribution is 2.21. The Bertz CT molecular complexity index is 239. The van der Waals surface area contributed by atoms with Crippen LogP contribution in [0.3, 0.4) is 0 Å². The number of ether oxygens (including phenoxy) is 3. The van der Waals surface area contributed by atoms with Crippen LogP contribution in [0.4, 0.5) is 0 Å². The van der Waals surface area contributed by atoms with Gasteiger partial charge in [0.2, 0.25) is 0 Å². The molecular formula is C12H23NO4. The fraction of sp³-hybridized carbons (Fsp3) is 0.917. The molecule has 0 spiro atoms. The molecule has 0 aromatic rings. The number of methoxy groups -OCH3 is 1. The van der Waals surface area contributed by atoms with Gasteiger partial charge in [-0.15, -0.1) is 0 Å². The molecule has 1 heterocycles. The standard InChI is InChI=1S/C12H23NO4/c1-4-17-11(14)10(2)7-13-8-12(15-3)5-6-16-9-12/h10,13H,4-9H2,1-3H3. The lowest BCUT2D eigenvalue weighted by atomic mass is 10.0. The van der Waals surface area contributed by atoms with Crippen molar-refractivity contribution in [1.82, 2.24) is 5.32 Å². The molecule has 2 atom stereocenters. The van der Waals surface area contributed by atoms with Crippen molar-refractivity contribution >= 4 is 5.97 Å². The normalized spacial score (nSPS) is 25.8. The van der Waals surface area contributed by atoms with Crippen molar-refractivity contribution < 1.29 is 19.0 Å². The second-order valence-electron chi connectivity index (χ2n) is 4.47. The Morgan fingerprint density at radius 2 is 2.35 bits per heavy atom. The number of hydrogen-bond donors (Lipinski definition) is 1. The third-order valence-corrected chi connectivity index (χ3v) is 3.09. The van der Waals surface area contributed by atoms with Gasteiger partial charge in [-0.3, -0.25) is 4.79 Å². The highest BCUT2D eigenvalue weighted by atomic mass is 16.5. The first kappa shape index (κ1) is 14.4. The van der Waals surface area contributed by atoms with Crippen molar-refractivity contribution in [2.24, 2.45) is 5.92 Å². The van der Waals surface area contributed by atoms with Gasteiger partial charge in [0.25, 0.3) is 0 Å². The molecule has 0 amide bonds. The number of nitrogens with one attached hydrogen (secondary N) is 1. The Labute approximate surface area is 103 Å². The van der Waals surface area contributed by atoms with E-state index < -0.39 is 0 Å². The minimum atomic E-state index is -0.228. The highest BCUT2D eigenvalue weighted by molar-refractivity contribution is 5.72. The Morgan fingerprint density at radius 3 is 2.88 bits per heavy atom. The lowest BCUT2D eigenvalue weighted by molar-refractivity contribution is -0.147. The minimum absolute atomic E-state index is 0.133. The quantitative estimate of drug-likeness (QED) is 0.665. The lowest BCUT2D eigenvalue weighted by Crippen LogP contribution is -2.44. The monoisotopic (exact) mass is 245 g/mol. The molecule has 0 aromatic carbocycles. The van der Waals surface area contributed by atoms with Crippen LogP contribution in [0, 0.1) is 5.92 Å². The second-order valence-corrected chi connectivity index (χ2v) is 4.47. The Morgan fingerprint density at radius 1 is 1.59 bits per heavy atom. The van der Waals surface area contributed by atoms with Gasteiger partial charge in [-0.1, -0.05) is 6.92 Å². The Hall–Kier alpha value is -0.650. The molecular weight excluding hydrogens is 222 g/mol. The number of carbonyl (C=O) groups is 1. The van der Waals surface area contributed by atoms with E-state index >= 15 is 0 Å². The smallest absolute Gasteiger partial charge is 0.309 e. The molecule has 5 nitrogen and oxygen atoms in total. The van der Waals surface area contributed by atoms with Crippen molar-refractivity contribution in [1.29, 1.82) is 0 Å². The van der Waals surface area contributed by atoms with Crippen LogP contribution in [0.15, 0.2) is 0 Å². The molecule has 0 radical (unpaired) electrons. The molecule has 0 bridgehead atoms. The zero-order valence-corrected chi connectivity index (χ0v) is 11.0. The molecule has 1 saturated heterocycles. The second kappa shape index (κ2) is 6.93. The maximum Gasteiger partial charge on any atom is 0.309 e. The van der Waals surface area contributed by atoms with Crippen LogP contribution in [0.5, 0.6) is 0 Å². The summed E-state index contributed by atoms with van der Waals surface area (Å²) in [4.78, 5) is 11.4. The van der Waals surface area contributed by atoms with E-state index in [1.807, 2.05) is 13.8 Å². The van der Waals surface area contributed by atoms with Crippen molar-refractivity contribution in [3.63, 3.8) is 0 Å². The summed E-state index contributed by atoms with van der Waals surface area (Å²) in [7, 11) is 1.70. The van der Waals surface area contributed by atoms with Crippen molar-refractivity contribution in [2.45, 2.75) is 25.9 Å². The van der Waals surface area contributed by atoms with E-state index in [1.54, 1.807) is 7.11 Å². The Balaban J connectivity index is 2.24. The van der Waals surface area contributed by atoms with Gasteiger partial charge in [-0.2, -0.15) is 0 Å². The lowest BCUT2D eigenvalue weighted by Gasteiger charge is -2.26. The van der Waals surface area contributed by atoms with Crippen molar-refractivity contribution in [2.75, 3.05) is 40.0 Å². The molecule has 1 N–H and O–H groups in total. The minimum Gasteiger partial charge on any atom is -0.466 e. The maximum atomic E-state index is 11.4. The summed E-state index contributed by atoms with van der Waals surface area (Å²) < 4.78 is 15.8. The number of carbonyl (C=O) groups excluding carboxylic acids is 1. The average Bonchev–Trinajstić information content (AvgIpc) is 2.78. The predicted molar refractivity (Wildman–Crippen MR) is 63.8 cm³/mol. The van der Waals surface area contributed by atoms with Gasteiger partial charge in [0.1, 0.15) is 5.60 Å². The van der Waals surface area contributed by atoms with Crippen molar-refractivity contribution in [3.8, 4) is 0 Å². The molecule has 0 aliphatic carbocycles. The van der Waals surface area contributed by atoms with Crippen LogP contribution < -0.4 is 5.32 Å². The first-order valence-corrected chi connectivity index (χ1v) is 6.14. The van der Waals surface area contributed by atoms with Crippen molar-refractivity contribution in [3.05, 3.63) is 0 Å². The van der Waals surface area contributed by atoms with Crippen LogP contribution in [0.2, 0.25) is 0 Å². The zero-order valence-electron chi connectivity index (χ0n) is 11.0. The van der Waals surface area contributed by atoms with E-state index in [4.69, 9.17) is 14.2 Å². The number of esters is 1. The molecule has 5 heteroatoms. The Kier molecular flexibility index (Phi) is 5.88. The van der Waals surface area contributed by atoms with Crippen LogP contribution >= 0.6 is 0 Å². The summed E-state index contributed by atoms with van der Waals surface area (Å²) in [6.45, 7) is 6.76. The number of rotatable bonds is 7. The van der Waals surface area contributed by atoms with E-state index in [2.05, 4.69) is 5.32 Å². The molecule has 1 aliphatic rings. The molecule has 1 rings (SSSR count). The van der Waals surface area contributed by atoms with E-state index in [-0.39, 0.29) is 17.5 Å². The summed E-state index contributed by atoms with van der Waals surface area (Å²) >= 11 is 0. The predicted octanol–water partition coefficient (Wildman–Crippen LogP) is 0.581. The largest absolute Gasteiger partial charge is 0.466 e. The van der Waals surface area contributed by atoms with E-state index in [9.17, 15) is 4.79 Å². The van der Waals surface area contributed by atoms with Crippen LogP contribution in [-0.2, 0) is 19.0 Å². The summed E-state index contributed by atoms with van der Waals surface area (Å²) in [5, 5.41) is 3.25. The first-order valence-electron chi connectivity index (χ1n) is 6.14. The summed E-state index contributed by atoms with van der Waals surface area (Å²) in [5.41, 5.74) is -0.228. The van der Waals surface area contributed by atoms with Crippen LogP contribution in [-0.4, -0.2) is 51.6 Å². The van der Waals surface area contributed by atoms with Gasteiger partial charge in [0, 0.05) is 33.2 Å². The third-order valence-electron chi connectivity index (χ3n) is 3.09. The van der Waals surface area contributed by atoms with Gasteiger partial charge in [0.05, 0.1) is 19.1 Å². The maximum absolute atomic E-state index is 11.4. The topological polar surface area (TPSA) is 56.8 Å². The SMILES string of the molecule is CCOC(=O)C(C)CNCC1(OC)CCOC1. The molecule has 0 saturated carbocycles. The van der Waals surface area contributed by atoms with Crippen LogP contribution in [0.25, 0.3) is 0 Å². The fourth-order valence-corrected chi connectivity index (χ4v) is 1.85.